The molecule has 0 amide bonds. The van der Waals surface area contributed by atoms with Crippen LogP contribution in [0.2, 0.25) is 0 Å². The Labute approximate surface area is 131 Å². The van der Waals surface area contributed by atoms with E-state index in [2.05, 4.69) is 31.7 Å². The summed E-state index contributed by atoms with van der Waals surface area (Å²) in [7, 11) is 0. The zero-order chi connectivity index (χ0) is 15.4. The van der Waals surface area contributed by atoms with E-state index >= 15 is 0 Å². The van der Waals surface area contributed by atoms with E-state index in [1.54, 1.807) is 12.4 Å². The van der Waals surface area contributed by atoms with Gasteiger partial charge in [0.1, 0.15) is 11.3 Å². The minimum Gasteiger partial charge on any atom is -0.380 e. The van der Waals surface area contributed by atoms with Crippen LogP contribution < -0.4 is 4.90 Å². The molecule has 1 unspecified atom stereocenters. The minimum absolute atomic E-state index is 0.494. The standard InChI is InChI=1S/C16H23N5O/c1-3-22-11-10-20-8-9-21(12-13(20)2)15-5-4-14-16(19-15)18-7-6-17-14/h4-7,13H,3,8-12H2,1-2H3. The molecule has 0 bridgehead atoms. The SMILES string of the molecule is CCOCCN1CCN(c2ccc3nccnc3n2)CC1C. The molecule has 0 aromatic carbocycles. The number of fused-ring (bicyclic) bond motifs is 1. The maximum absolute atomic E-state index is 5.46. The molecule has 22 heavy (non-hydrogen) atoms. The summed E-state index contributed by atoms with van der Waals surface area (Å²) in [5.74, 6) is 0.990. The van der Waals surface area contributed by atoms with Crippen molar-refractivity contribution < 1.29 is 4.74 Å². The molecule has 3 rings (SSSR count). The second-order valence-electron chi connectivity index (χ2n) is 5.60. The molecule has 0 aliphatic carbocycles. The third kappa shape index (κ3) is 3.34. The van der Waals surface area contributed by atoms with Gasteiger partial charge in [0.2, 0.25) is 0 Å². The highest BCUT2D eigenvalue weighted by atomic mass is 16.5. The lowest BCUT2D eigenvalue weighted by atomic mass is 10.2. The van der Waals surface area contributed by atoms with E-state index in [1.165, 1.54) is 0 Å². The fourth-order valence-electron chi connectivity index (χ4n) is 2.88. The third-order valence-electron chi connectivity index (χ3n) is 4.13. The van der Waals surface area contributed by atoms with Crippen molar-refractivity contribution in [1.29, 1.82) is 0 Å². The van der Waals surface area contributed by atoms with Crippen LogP contribution in [0.25, 0.3) is 11.2 Å². The van der Waals surface area contributed by atoms with Crippen LogP contribution in [0, 0.1) is 0 Å². The number of aromatic nitrogens is 3. The van der Waals surface area contributed by atoms with Gasteiger partial charge in [0.05, 0.1) is 6.61 Å². The number of pyridine rings is 1. The van der Waals surface area contributed by atoms with Gasteiger partial charge in [-0.25, -0.2) is 9.97 Å². The van der Waals surface area contributed by atoms with Crippen LogP contribution in [0.15, 0.2) is 24.5 Å². The molecule has 2 aromatic heterocycles. The molecule has 6 heteroatoms. The zero-order valence-electron chi connectivity index (χ0n) is 13.3. The predicted molar refractivity (Wildman–Crippen MR) is 87.1 cm³/mol. The third-order valence-corrected chi connectivity index (χ3v) is 4.13. The van der Waals surface area contributed by atoms with Gasteiger partial charge in [-0.2, -0.15) is 0 Å². The molecule has 0 radical (unpaired) electrons. The first-order chi connectivity index (χ1) is 10.8. The zero-order valence-corrected chi connectivity index (χ0v) is 13.3. The lowest BCUT2D eigenvalue weighted by molar-refractivity contribution is 0.0925. The van der Waals surface area contributed by atoms with Crippen LogP contribution in [-0.4, -0.2) is 65.3 Å². The van der Waals surface area contributed by atoms with Gasteiger partial charge in [0.15, 0.2) is 5.65 Å². The van der Waals surface area contributed by atoms with E-state index in [4.69, 9.17) is 4.74 Å². The first kappa shape index (κ1) is 15.1. The summed E-state index contributed by atoms with van der Waals surface area (Å²) < 4.78 is 5.46. The Morgan fingerprint density at radius 3 is 2.91 bits per heavy atom. The second-order valence-corrected chi connectivity index (χ2v) is 5.60. The van der Waals surface area contributed by atoms with Crippen LogP contribution in [0.5, 0.6) is 0 Å². The quantitative estimate of drug-likeness (QED) is 0.782. The van der Waals surface area contributed by atoms with Gasteiger partial charge in [-0.1, -0.05) is 0 Å². The molecule has 118 valence electrons. The lowest BCUT2D eigenvalue weighted by Gasteiger charge is -2.40. The van der Waals surface area contributed by atoms with Crippen molar-refractivity contribution in [3.05, 3.63) is 24.5 Å². The fourth-order valence-corrected chi connectivity index (χ4v) is 2.88. The highest BCUT2D eigenvalue weighted by Crippen LogP contribution is 2.19. The summed E-state index contributed by atoms with van der Waals surface area (Å²) >= 11 is 0. The summed E-state index contributed by atoms with van der Waals surface area (Å²) in [6, 6.07) is 4.53. The maximum Gasteiger partial charge on any atom is 0.180 e. The number of anilines is 1. The highest BCUT2D eigenvalue weighted by Gasteiger charge is 2.24. The van der Waals surface area contributed by atoms with Crippen LogP contribution in [-0.2, 0) is 4.74 Å². The van der Waals surface area contributed by atoms with Gasteiger partial charge < -0.3 is 9.64 Å². The van der Waals surface area contributed by atoms with Gasteiger partial charge >= 0.3 is 0 Å². The summed E-state index contributed by atoms with van der Waals surface area (Å²) in [5, 5.41) is 0. The van der Waals surface area contributed by atoms with E-state index < -0.39 is 0 Å². The van der Waals surface area contributed by atoms with Crippen LogP contribution in [0.3, 0.4) is 0 Å². The topological polar surface area (TPSA) is 54.4 Å². The van der Waals surface area contributed by atoms with Crippen molar-refractivity contribution in [2.45, 2.75) is 19.9 Å². The highest BCUT2D eigenvalue weighted by molar-refractivity contribution is 5.71. The summed E-state index contributed by atoms with van der Waals surface area (Å²) in [5.41, 5.74) is 1.56. The Morgan fingerprint density at radius 1 is 1.23 bits per heavy atom. The summed E-state index contributed by atoms with van der Waals surface area (Å²) in [6.45, 7) is 9.89. The lowest BCUT2D eigenvalue weighted by Crippen LogP contribution is -2.53. The van der Waals surface area contributed by atoms with Crippen molar-refractivity contribution >= 4 is 17.0 Å². The van der Waals surface area contributed by atoms with Gasteiger partial charge in [-0.15, -0.1) is 0 Å². The molecule has 6 nitrogen and oxygen atoms in total. The largest absolute Gasteiger partial charge is 0.380 e. The van der Waals surface area contributed by atoms with Crippen LogP contribution in [0.4, 0.5) is 5.82 Å². The van der Waals surface area contributed by atoms with E-state index in [0.717, 1.165) is 50.7 Å². The minimum atomic E-state index is 0.494. The Balaban J connectivity index is 1.66. The second kappa shape index (κ2) is 6.98. The molecule has 1 saturated heterocycles. The number of rotatable bonds is 5. The molecule has 0 saturated carbocycles. The maximum atomic E-state index is 5.46. The molecular formula is C16H23N5O. The van der Waals surface area contributed by atoms with Crippen molar-refractivity contribution in [2.75, 3.05) is 44.3 Å². The molecule has 2 aromatic rings. The molecule has 3 heterocycles. The number of hydrogen-bond donors (Lipinski definition) is 0. The Hall–Kier alpha value is -1.79. The van der Waals surface area contributed by atoms with E-state index in [-0.39, 0.29) is 0 Å². The van der Waals surface area contributed by atoms with E-state index in [0.29, 0.717) is 11.7 Å². The Kier molecular flexibility index (Phi) is 4.80. The number of ether oxygens (including phenoxy) is 1. The predicted octanol–water partition coefficient (Wildman–Crippen LogP) is 1.57. The molecular weight excluding hydrogens is 278 g/mol. The molecule has 0 N–H and O–H groups in total. The summed E-state index contributed by atoms with van der Waals surface area (Å²) in [4.78, 5) is 18.0. The van der Waals surface area contributed by atoms with Crippen LogP contribution in [0.1, 0.15) is 13.8 Å². The van der Waals surface area contributed by atoms with Crippen LogP contribution >= 0.6 is 0 Å². The Morgan fingerprint density at radius 2 is 2.09 bits per heavy atom. The van der Waals surface area contributed by atoms with E-state index in [1.807, 2.05) is 19.1 Å². The Bertz CT molecular complexity index is 620. The van der Waals surface area contributed by atoms with Gasteiger partial charge in [0.25, 0.3) is 0 Å². The number of hydrogen-bond acceptors (Lipinski definition) is 6. The van der Waals surface area contributed by atoms with Crippen molar-refractivity contribution in [2.24, 2.45) is 0 Å². The van der Waals surface area contributed by atoms with Gasteiger partial charge in [-0.3, -0.25) is 9.88 Å². The van der Waals surface area contributed by atoms with Crippen molar-refractivity contribution in [3.8, 4) is 0 Å². The number of nitrogens with zero attached hydrogens (tertiary/aromatic N) is 5. The van der Waals surface area contributed by atoms with Gasteiger partial charge in [-0.05, 0) is 26.0 Å². The van der Waals surface area contributed by atoms with E-state index in [9.17, 15) is 0 Å². The smallest absolute Gasteiger partial charge is 0.180 e. The molecule has 1 fully saturated rings. The number of piperazine rings is 1. The average Bonchev–Trinajstić information content (AvgIpc) is 2.56. The molecule has 0 spiro atoms. The average molecular weight is 301 g/mol. The molecule has 1 aliphatic heterocycles. The van der Waals surface area contributed by atoms with Gasteiger partial charge in [0, 0.05) is 51.2 Å². The first-order valence-corrected chi connectivity index (χ1v) is 7.92. The monoisotopic (exact) mass is 301 g/mol. The fraction of sp³-hybridized carbons (Fsp3) is 0.562. The normalized spacial score (nSPS) is 19.7. The van der Waals surface area contributed by atoms with Crippen molar-refractivity contribution in [1.82, 2.24) is 19.9 Å². The first-order valence-electron chi connectivity index (χ1n) is 7.92. The molecule has 1 atom stereocenters. The van der Waals surface area contributed by atoms with Crippen molar-refractivity contribution in [3.63, 3.8) is 0 Å². The molecule has 1 aliphatic rings. The summed E-state index contributed by atoms with van der Waals surface area (Å²) in [6.07, 6.45) is 3.39.